The molecular formula is C15H30IN5O. The van der Waals surface area contributed by atoms with Crippen molar-refractivity contribution in [1.29, 1.82) is 0 Å². The Morgan fingerprint density at radius 1 is 1.32 bits per heavy atom. The van der Waals surface area contributed by atoms with Crippen LogP contribution < -0.4 is 10.6 Å². The fourth-order valence-corrected chi connectivity index (χ4v) is 2.07. The maximum Gasteiger partial charge on any atom is 0.191 e. The van der Waals surface area contributed by atoms with E-state index in [0.29, 0.717) is 6.54 Å². The molecule has 2 N–H and O–H groups in total. The van der Waals surface area contributed by atoms with Gasteiger partial charge in [-0.3, -0.25) is 9.67 Å². The van der Waals surface area contributed by atoms with Gasteiger partial charge in [-0.2, -0.15) is 5.10 Å². The van der Waals surface area contributed by atoms with Crippen LogP contribution in [0.2, 0.25) is 0 Å². The Kier molecular flexibility index (Phi) is 8.99. The summed E-state index contributed by atoms with van der Waals surface area (Å²) in [5, 5.41) is 11.0. The van der Waals surface area contributed by atoms with E-state index in [1.807, 2.05) is 25.6 Å². The average molecular weight is 423 g/mol. The van der Waals surface area contributed by atoms with Crippen LogP contribution in [0.5, 0.6) is 0 Å². The number of nitrogens with zero attached hydrogens (tertiary/aromatic N) is 3. The first kappa shape index (κ1) is 21.2. The van der Waals surface area contributed by atoms with Crippen LogP contribution in [-0.2, 0) is 18.2 Å². The fraction of sp³-hybridized carbons (Fsp3) is 0.733. The van der Waals surface area contributed by atoms with Gasteiger partial charge in [0.25, 0.3) is 0 Å². The minimum absolute atomic E-state index is 0. The van der Waals surface area contributed by atoms with Gasteiger partial charge >= 0.3 is 0 Å². The van der Waals surface area contributed by atoms with E-state index in [-0.39, 0.29) is 29.6 Å². The van der Waals surface area contributed by atoms with Crippen LogP contribution in [0.25, 0.3) is 0 Å². The van der Waals surface area contributed by atoms with Gasteiger partial charge in [0.05, 0.1) is 11.3 Å². The summed E-state index contributed by atoms with van der Waals surface area (Å²) < 4.78 is 7.31. The van der Waals surface area contributed by atoms with Crippen molar-refractivity contribution in [2.75, 3.05) is 27.2 Å². The van der Waals surface area contributed by atoms with Crippen LogP contribution in [0.1, 0.15) is 30.8 Å². The minimum Gasteiger partial charge on any atom is -0.377 e. The molecule has 0 aliphatic rings. The topological polar surface area (TPSA) is 63.5 Å². The van der Waals surface area contributed by atoms with Gasteiger partial charge in [0, 0.05) is 40.0 Å². The summed E-state index contributed by atoms with van der Waals surface area (Å²) in [6, 6.07) is 0. The zero-order valence-electron chi connectivity index (χ0n) is 14.8. The summed E-state index contributed by atoms with van der Waals surface area (Å²) in [4.78, 5) is 4.22. The molecule has 0 amide bonds. The van der Waals surface area contributed by atoms with Crippen LogP contribution >= 0.6 is 24.0 Å². The molecule has 0 unspecified atom stereocenters. The zero-order valence-corrected chi connectivity index (χ0v) is 17.1. The second-order valence-corrected chi connectivity index (χ2v) is 5.84. The monoisotopic (exact) mass is 423 g/mol. The fourth-order valence-electron chi connectivity index (χ4n) is 2.07. The first-order valence-electron chi connectivity index (χ1n) is 7.29. The third-order valence-electron chi connectivity index (χ3n) is 3.78. The lowest BCUT2D eigenvalue weighted by atomic mass is 10.1. The van der Waals surface area contributed by atoms with Crippen molar-refractivity contribution in [2.24, 2.45) is 12.0 Å². The van der Waals surface area contributed by atoms with Gasteiger partial charge < -0.3 is 15.4 Å². The van der Waals surface area contributed by atoms with E-state index >= 15 is 0 Å². The molecule has 6 nitrogen and oxygen atoms in total. The largest absolute Gasteiger partial charge is 0.377 e. The quantitative estimate of drug-likeness (QED) is 0.416. The average Bonchev–Trinajstić information content (AvgIpc) is 2.68. The molecule has 1 aromatic rings. The van der Waals surface area contributed by atoms with E-state index in [2.05, 4.69) is 34.6 Å². The highest BCUT2D eigenvalue weighted by molar-refractivity contribution is 14.0. The SMILES string of the molecule is CN=C(NCCc1c(C)nn(C)c1C)NCC(C)(C)OC.I. The second kappa shape index (κ2) is 9.34. The van der Waals surface area contributed by atoms with E-state index in [1.54, 1.807) is 14.2 Å². The predicted molar refractivity (Wildman–Crippen MR) is 102 cm³/mol. The second-order valence-electron chi connectivity index (χ2n) is 5.84. The van der Waals surface area contributed by atoms with Crippen molar-refractivity contribution in [3.63, 3.8) is 0 Å². The zero-order chi connectivity index (χ0) is 16.0. The molecule has 0 bridgehead atoms. The lowest BCUT2D eigenvalue weighted by Gasteiger charge is -2.24. The highest BCUT2D eigenvalue weighted by atomic mass is 127. The van der Waals surface area contributed by atoms with Crippen molar-refractivity contribution in [3.05, 3.63) is 17.0 Å². The Balaban J connectivity index is 0.00000441. The van der Waals surface area contributed by atoms with Gasteiger partial charge in [-0.1, -0.05) is 0 Å². The molecule has 0 saturated heterocycles. The summed E-state index contributed by atoms with van der Waals surface area (Å²) in [7, 11) is 5.47. The molecule has 0 radical (unpaired) electrons. The highest BCUT2D eigenvalue weighted by Crippen LogP contribution is 2.11. The van der Waals surface area contributed by atoms with Crippen molar-refractivity contribution in [3.8, 4) is 0 Å². The van der Waals surface area contributed by atoms with Crippen molar-refractivity contribution in [2.45, 2.75) is 39.7 Å². The van der Waals surface area contributed by atoms with Gasteiger partial charge in [0.15, 0.2) is 5.96 Å². The van der Waals surface area contributed by atoms with Gasteiger partial charge in [-0.05, 0) is 39.7 Å². The molecule has 0 aliphatic heterocycles. The number of aryl methyl sites for hydroxylation is 2. The standard InChI is InChI=1S/C15H29N5O.HI/c1-11-13(12(2)20(6)19-11)8-9-17-14(16-5)18-10-15(3,4)21-7;/h8-10H2,1-7H3,(H2,16,17,18);1H. The summed E-state index contributed by atoms with van der Waals surface area (Å²) in [6.45, 7) is 9.75. The number of guanidine groups is 1. The maximum absolute atomic E-state index is 5.38. The molecule has 0 fully saturated rings. The normalized spacial score (nSPS) is 12.0. The molecule has 22 heavy (non-hydrogen) atoms. The maximum atomic E-state index is 5.38. The third kappa shape index (κ3) is 6.12. The molecule has 0 saturated carbocycles. The van der Waals surface area contributed by atoms with Crippen LogP contribution in [0, 0.1) is 13.8 Å². The van der Waals surface area contributed by atoms with Crippen LogP contribution in [-0.4, -0.2) is 48.6 Å². The number of aromatic nitrogens is 2. The minimum atomic E-state index is -0.214. The van der Waals surface area contributed by atoms with E-state index in [0.717, 1.165) is 24.6 Å². The molecule has 1 heterocycles. The van der Waals surface area contributed by atoms with E-state index in [4.69, 9.17) is 4.74 Å². The number of rotatable bonds is 6. The number of hydrogen-bond donors (Lipinski definition) is 2. The Bertz CT molecular complexity index is 496. The third-order valence-corrected chi connectivity index (χ3v) is 3.78. The van der Waals surface area contributed by atoms with E-state index < -0.39 is 0 Å². The molecule has 128 valence electrons. The summed E-state index contributed by atoms with van der Waals surface area (Å²) in [5.74, 6) is 0.791. The number of aliphatic imine (C=N–C) groups is 1. The molecule has 7 heteroatoms. The first-order chi connectivity index (χ1) is 9.80. The van der Waals surface area contributed by atoms with Crippen molar-refractivity contribution >= 4 is 29.9 Å². The van der Waals surface area contributed by atoms with Gasteiger partial charge in [0.1, 0.15) is 0 Å². The summed E-state index contributed by atoms with van der Waals surface area (Å²) >= 11 is 0. The Hall–Kier alpha value is -0.830. The summed E-state index contributed by atoms with van der Waals surface area (Å²) in [6.07, 6.45) is 0.930. The Labute approximate surface area is 151 Å². The highest BCUT2D eigenvalue weighted by Gasteiger charge is 2.16. The number of ether oxygens (including phenoxy) is 1. The number of halogens is 1. The molecule has 0 spiro atoms. The lowest BCUT2D eigenvalue weighted by Crippen LogP contribution is -2.45. The Morgan fingerprint density at radius 3 is 2.41 bits per heavy atom. The predicted octanol–water partition coefficient (Wildman–Crippen LogP) is 1.79. The van der Waals surface area contributed by atoms with E-state index in [9.17, 15) is 0 Å². The molecule has 0 aliphatic carbocycles. The van der Waals surface area contributed by atoms with Crippen LogP contribution in [0.3, 0.4) is 0 Å². The molecule has 1 aromatic heterocycles. The molecule has 1 rings (SSSR count). The van der Waals surface area contributed by atoms with Crippen molar-refractivity contribution < 1.29 is 4.74 Å². The van der Waals surface area contributed by atoms with E-state index in [1.165, 1.54) is 11.3 Å². The van der Waals surface area contributed by atoms with Gasteiger partial charge in [-0.25, -0.2) is 0 Å². The van der Waals surface area contributed by atoms with Crippen molar-refractivity contribution in [1.82, 2.24) is 20.4 Å². The Morgan fingerprint density at radius 2 is 1.95 bits per heavy atom. The number of hydrogen-bond acceptors (Lipinski definition) is 3. The molecule has 0 atom stereocenters. The summed E-state index contributed by atoms with van der Waals surface area (Å²) in [5.41, 5.74) is 3.41. The number of nitrogens with one attached hydrogen (secondary N) is 2. The number of methoxy groups -OCH3 is 1. The smallest absolute Gasteiger partial charge is 0.191 e. The molecular weight excluding hydrogens is 393 g/mol. The van der Waals surface area contributed by atoms with Gasteiger partial charge in [-0.15, -0.1) is 24.0 Å². The first-order valence-corrected chi connectivity index (χ1v) is 7.29. The van der Waals surface area contributed by atoms with Crippen LogP contribution in [0.4, 0.5) is 0 Å². The van der Waals surface area contributed by atoms with Crippen LogP contribution in [0.15, 0.2) is 4.99 Å². The van der Waals surface area contributed by atoms with Gasteiger partial charge in [0.2, 0.25) is 0 Å². The lowest BCUT2D eigenvalue weighted by molar-refractivity contribution is 0.0268. The molecule has 0 aromatic carbocycles.